The van der Waals surface area contributed by atoms with E-state index in [0.29, 0.717) is 0 Å². The summed E-state index contributed by atoms with van der Waals surface area (Å²) < 4.78 is 3.86. The molecule has 2 aliphatic rings. The number of rotatable bonds is 2. The maximum absolute atomic E-state index is 2.37. The van der Waals surface area contributed by atoms with Crippen LogP contribution in [0.3, 0.4) is 0 Å². The third-order valence-electron chi connectivity index (χ3n) is 3.29. The van der Waals surface area contributed by atoms with Crippen LogP contribution in [0, 0.1) is 0 Å². The molecule has 0 aromatic carbocycles. The summed E-state index contributed by atoms with van der Waals surface area (Å²) in [6.07, 6.45) is 8.62. The van der Waals surface area contributed by atoms with E-state index in [1.165, 1.54) is 38.5 Å². The molecule has 0 N–H and O–H groups in total. The van der Waals surface area contributed by atoms with Gasteiger partial charge in [0.1, 0.15) is 0 Å². The van der Waals surface area contributed by atoms with Crippen molar-refractivity contribution in [2.24, 2.45) is 0 Å². The van der Waals surface area contributed by atoms with Crippen LogP contribution in [0.4, 0.5) is 0 Å². The zero-order valence-electron chi connectivity index (χ0n) is 8.74. The molecule has 0 bridgehead atoms. The molecule has 2 rings (SSSR count). The van der Waals surface area contributed by atoms with E-state index in [9.17, 15) is 0 Å². The molecule has 0 saturated heterocycles. The van der Waals surface area contributed by atoms with E-state index < -0.39 is 0 Å². The van der Waals surface area contributed by atoms with Crippen LogP contribution in [-0.4, -0.2) is 0 Å². The van der Waals surface area contributed by atoms with Gasteiger partial charge < -0.3 is 0 Å². The van der Waals surface area contributed by atoms with Gasteiger partial charge in [0.05, 0.1) is 0 Å². The van der Waals surface area contributed by atoms with Crippen molar-refractivity contribution in [3.63, 3.8) is 0 Å². The van der Waals surface area contributed by atoms with Crippen molar-refractivity contribution in [1.29, 1.82) is 0 Å². The Hall–Kier alpha value is 0.363. The van der Waals surface area contributed by atoms with Crippen LogP contribution in [0.2, 0.25) is 0 Å². The van der Waals surface area contributed by atoms with Gasteiger partial charge in [0.2, 0.25) is 0 Å². The maximum atomic E-state index is 2.37. The Morgan fingerprint density at radius 3 is 1.54 bits per heavy atom. The first-order chi connectivity index (χ1) is 6.27. The van der Waals surface area contributed by atoms with Crippen LogP contribution in [0.15, 0.2) is 17.7 Å². The van der Waals surface area contributed by atoms with Gasteiger partial charge in [-0.05, 0) is 0 Å². The molecule has 13 heavy (non-hydrogen) atoms. The first-order valence-electron chi connectivity index (χ1n) is 5.41. The molecule has 70 valence electrons. The van der Waals surface area contributed by atoms with E-state index >= 15 is 0 Å². The Morgan fingerprint density at radius 1 is 0.769 bits per heavy atom. The van der Waals surface area contributed by atoms with Crippen molar-refractivity contribution >= 4 is 0 Å². The van der Waals surface area contributed by atoms with Gasteiger partial charge in [0.25, 0.3) is 0 Å². The summed E-state index contributed by atoms with van der Waals surface area (Å²) in [6.45, 7) is 4.74. The normalized spacial score (nSPS) is 23.2. The van der Waals surface area contributed by atoms with Gasteiger partial charge >= 0.3 is 93.3 Å². The molecule has 0 fully saturated rings. The number of hydrogen-bond acceptors (Lipinski definition) is 0. The summed E-state index contributed by atoms with van der Waals surface area (Å²) in [5.74, 6) is 0. The average molecular weight is 253 g/mol. The second kappa shape index (κ2) is 4.26. The SMILES string of the molecule is CC1=[C]([Zr][C]2=C(C)CCC2)CCC1. The topological polar surface area (TPSA) is 0 Å². The van der Waals surface area contributed by atoms with Crippen LogP contribution in [-0.2, 0) is 23.2 Å². The molecule has 0 unspecified atom stereocenters. The molecule has 0 atom stereocenters. The summed E-state index contributed by atoms with van der Waals surface area (Å²) in [6, 6.07) is 0. The predicted molar refractivity (Wildman–Crippen MR) is 53.1 cm³/mol. The first-order valence-corrected chi connectivity index (χ1v) is 7.87. The number of hydrogen-bond donors (Lipinski definition) is 0. The van der Waals surface area contributed by atoms with Gasteiger partial charge in [-0.25, -0.2) is 0 Å². The van der Waals surface area contributed by atoms with Crippen molar-refractivity contribution in [2.45, 2.75) is 52.4 Å². The van der Waals surface area contributed by atoms with Crippen LogP contribution in [0.1, 0.15) is 52.4 Å². The molecule has 0 spiro atoms. The molecule has 0 saturated carbocycles. The minimum atomic E-state index is -0.260. The van der Waals surface area contributed by atoms with Gasteiger partial charge in [0.15, 0.2) is 0 Å². The van der Waals surface area contributed by atoms with Gasteiger partial charge in [-0.3, -0.25) is 0 Å². The van der Waals surface area contributed by atoms with E-state index in [1.807, 2.05) is 6.56 Å². The molecule has 2 aliphatic carbocycles. The second-order valence-corrected chi connectivity index (χ2v) is 7.93. The summed E-state index contributed by atoms with van der Waals surface area (Å²) in [5, 5.41) is 0. The molecular weight excluding hydrogens is 235 g/mol. The molecule has 0 aromatic heterocycles. The van der Waals surface area contributed by atoms with Crippen molar-refractivity contribution in [2.75, 3.05) is 0 Å². The van der Waals surface area contributed by atoms with E-state index in [1.54, 1.807) is 11.1 Å². The Kier molecular flexibility index (Phi) is 3.24. The summed E-state index contributed by atoms with van der Waals surface area (Å²) in [7, 11) is 0. The zero-order chi connectivity index (χ0) is 9.26. The third kappa shape index (κ3) is 2.24. The fourth-order valence-electron chi connectivity index (χ4n) is 2.31. The Morgan fingerprint density at radius 2 is 1.23 bits per heavy atom. The van der Waals surface area contributed by atoms with E-state index in [0.717, 1.165) is 0 Å². The standard InChI is InChI=1S/2C6H9.Zr/c2*1-6-4-2-3-5-6;/h2*2-4H2,1H3;. The summed E-state index contributed by atoms with van der Waals surface area (Å²) >= 11 is -0.260. The molecule has 0 nitrogen and oxygen atoms in total. The van der Waals surface area contributed by atoms with E-state index in [2.05, 4.69) is 13.8 Å². The van der Waals surface area contributed by atoms with Crippen LogP contribution in [0.5, 0.6) is 0 Å². The van der Waals surface area contributed by atoms with Crippen molar-refractivity contribution < 1.29 is 23.2 Å². The molecule has 0 heterocycles. The Bertz CT molecular complexity index is 243. The van der Waals surface area contributed by atoms with Gasteiger partial charge in [0, 0.05) is 0 Å². The molecule has 0 amide bonds. The van der Waals surface area contributed by atoms with Crippen molar-refractivity contribution in [3.8, 4) is 0 Å². The average Bonchev–Trinajstić information content (AvgIpc) is 2.65. The minimum absolute atomic E-state index is 0.260. The van der Waals surface area contributed by atoms with E-state index in [-0.39, 0.29) is 23.2 Å². The predicted octanol–water partition coefficient (Wildman–Crippen LogP) is 3.98. The Balaban J connectivity index is 2.05. The quantitative estimate of drug-likeness (QED) is 0.698. The van der Waals surface area contributed by atoms with Crippen molar-refractivity contribution in [1.82, 2.24) is 0 Å². The van der Waals surface area contributed by atoms with Crippen molar-refractivity contribution in [3.05, 3.63) is 17.7 Å². The third-order valence-corrected chi connectivity index (χ3v) is 8.10. The molecule has 0 aliphatic heterocycles. The van der Waals surface area contributed by atoms with Crippen LogP contribution in [0.25, 0.3) is 0 Å². The summed E-state index contributed by atoms with van der Waals surface area (Å²) in [5.41, 5.74) is 3.53. The second-order valence-electron chi connectivity index (χ2n) is 4.35. The molecule has 0 aromatic rings. The van der Waals surface area contributed by atoms with Gasteiger partial charge in [-0.1, -0.05) is 0 Å². The zero-order valence-corrected chi connectivity index (χ0v) is 11.2. The van der Waals surface area contributed by atoms with Crippen LogP contribution < -0.4 is 0 Å². The monoisotopic (exact) mass is 252 g/mol. The van der Waals surface area contributed by atoms with E-state index in [4.69, 9.17) is 0 Å². The molecule has 0 radical (unpaired) electrons. The van der Waals surface area contributed by atoms with Gasteiger partial charge in [-0.2, -0.15) is 0 Å². The van der Waals surface area contributed by atoms with Gasteiger partial charge in [-0.15, -0.1) is 0 Å². The number of allylic oxidation sites excluding steroid dienone is 4. The molecular formula is C12H18Zr. The fraction of sp³-hybridized carbons (Fsp3) is 0.667. The molecule has 1 heteroatoms. The first kappa shape index (κ1) is 9.90. The summed E-state index contributed by atoms with van der Waals surface area (Å²) in [4.78, 5) is 0. The fourth-order valence-corrected chi connectivity index (χ4v) is 6.35. The van der Waals surface area contributed by atoms with Crippen LogP contribution >= 0.6 is 0 Å². The Labute approximate surface area is 93.1 Å².